The van der Waals surface area contributed by atoms with Crippen molar-refractivity contribution in [3.05, 3.63) is 92.9 Å². The molecule has 0 heterocycles. The molecule has 1 amide bonds. The Bertz CT molecular complexity index is 1130. The van der Waals surface area contributed by atoms with E-state index in [9.17, 15) is 9.59 Å². The summed E-state index contributed by atoms with van der Waals surface area (Å²) in [6.45, 7) is 1.60. The van der Waals surface area contributed by atoms with Crippen LogP contribution in [-0.4, -0.2) is 24.7 Å². The normalized spacial score (nSPS) is 10.7. The van der Waals surface area contributed by atoms with Crippen molar-refractivity contribution in [2.45, 2.75) is 6.92 Å². The molecule has 0 radical (unpaired) electrons. The molecular formula is C23H18BrClN2O4. The van der Waals surface area contributed by atoms with E-state index >= 15 is 0 Å². The highest BCUT2D eigenvalue weighted by atomic mass is 79.9. The van der Waals surface area contributed by atoms with Crippen molar-refractivity contribution in [3.63, 3.8) is 0 Å². The van der Waals surface area contributed by atoms with Crippen LogP contribution in [0.25, 0.3) is 0 Å². The Hall–Kier alpha value is -3.16. The number of carbonyl (C=O) groups excluding carboxylic acids is 2. The summed E-state index contributed by atoms with van der Waals surface area (Å²) in [5.41, 5.74) is 4.16. The van der Waals surface area contributed by atoms with Gasteiger partial charge in [0.05, 0.1) is 11.8 Å². The van der Waals surface area contributed by atoms with Crippen LogP contribution in [0.15, 0.2) is 76.3 Å². The van der Waals surface area contributed by atoms with Gasteiger partial charge < -0.3 is 9.47 Å². The number of hydrazone groups is 1. The molecule has 0 spiro atoms. The number of ether oxygens (including phenoxy) is 2. The van der Waals surface area contributed by atoms with Crippen LogP contribution < -0.4 is 14.9 Å². The number of amides is 1. The summed E-state index contributed by atoms with van der Waals surface area (Å²) in [7, 11) is 0. The molecule has 3 aromatic carbocycles. The van der Waals surface area contributed by atoms with Gasteiger partial charge >= 0.3 is 5.97 Å². The van der Waals surface area contributed by atoms with Gasteiger partial charge in [0, 0.05) is 15.1 Å². The minimum Gasteiger partial charge on any atom is -0.484 e. The highest BCUT2D eigenvalue weighted by Crippen LogP contribution is 2.23. The number of nitrogens with zero attached hydrogens (tertiary/aromatic N) is 1. The minimum atomic E-state index is -0.478. The fraction of sp³-hybridized carbons (Fsp3) is 0.0870. The molecule has 0 aliphatic rings. The van der Waals surface area contributed by atoms with Gasteiger partial charge in [0.2, 0.25) is 0 Å². The molecule has 0 aromatic heterocycles. The summed E-state index contributed by atoms with van der Waals surface area (Å²) in [5.74, 6) is -0.146. The zero-order chi connectivity index (χ0) is 22.2. The van der Waals surface area contributed by atoms with Crippen LogP contribution in [0.2, 0.25) is 5.02 Å². The number of carbonyl (C=O) groups is 2. The van der Waals surface area contributed by atoms with Crippen molar-refractivity contribution in [2.24, 2.45) is 5.10 Å². The first-order valence-corrected chi connectivity index (χ1v) is 10.4. The Labute approximate surface area is 193 Å². The number of aryl methyl sites for hydroxylation is 1. The second-order valence-electron chi connectivity index (χ2n) is 6.43. The molecule has 0 unspecified atom stereocenters. The summed E-state index contributed by atoms with van der Waals surface area (Å²) >= 11 is 9.26. The topological polar surface area (TPSA) is 77.0 Å². The molecule has 0 aliphatic heterocycles. The average molecular weight is 502 g/mol. The van der Waals surface area contributed by atoms with E-state index in [0.717, 1.165) is 10.0 Å². The monoisotopic (exact) mass is 500 g/mol. The van der Waals surface area contributed by atoms with E-state index in [1.807, 2.05) is 19.1 Å². The molecule has 0 aliphatic carbocycles. The molecule has 8 heteroatoms. The predicted octanol–water partition coefficient (Wildman–Crippen LogP) is 5.16. The lowest BCUT2D eigenvalue weighted by atomic mass is 10.1. The van der Waals surface area contributed by atoms with Crippen molar-refractivity contribution >= 4 is 45.6 Å². The number of hydrogen-bond acceptors (Lipinski definition) is 5. The molecule has 0 atom stereocenters. The van der Waals surface area contributed by atoms with Gasteiger partial charge in [-0.3, -0.25) is 4.79 Å². The second-order valence-corrected chi connectivity index (χ2v) is 7.78. The lowest BCUT2D eigenvalue weighted by Gasteiger charge is -2.09. The number of benzene rings is 3. The summed E-state index contributed by atoms with van der Waals surface area (Å²) in [6.07, 6.45) is 1.39. The maximum atomic E-state index is 12.5. The molecule has 0 saturated heterocycles. The van der Waals surface area contributed by atoms with Gasteiger partial charge in [0.1, 0.15) is 11.5 Å². The third-order valence-electron chi connectivity index (χ3n) is 4.10. The van der Waals surface area contributed by atoms with Crippen LogP contribution in [-0.2, 0) is 4.79 Å². The lowest BCUT2D eigenvalue weighted by molar-refractivity contribution is -0.123. The third kappa shape index (κ3) is 6.67. The van der Waals surface area contributed by atoms with E-state index in [2.05, 4.69) is 26.5 Å². The predicted molar refractivity (Wildman–Crippen MR) is 123 cm³/mol. The maximum Gasteiger partial charge on any atom is 0.343 e. The molecule has 0 fully saturated rings. The van der Waals surface area contributed by atoms with Crippen LogP contribution in [0, 0.1) is 6.92 Å². The van der Waals surface area contributed by atoms with E-state index < -0.39 is 11.9 Å². The molecular weight excluding hydrogens is 484 g/mol. The first-order chi connectivity index (χ1) is 14.9. The molecule has 6 nitrogen and oxygen atoms in total. The van der Waals surface area contributed by atoms with Gasteiger partial charge in [0.15, 0.2) is 6.61 Å². The van der Waals surface area contributed by atoms with Crippen LogP contribution >= 0.6 is 27.5 Å². The lowest BCUT2D eigenvalue weighted by Crippen LogP contribution is -2.24. The number of halogens is 2. The highest BCUT2D eigenvalue weighted by Gasteiger charge is 2.13. The summed E-state index contributed by atoms with van der Waals surface area (Å²) < 4.78 is 11.7. The average Bonchev–Trinajstić information content (AvgIpc) is 2.74. The zero-order valence-electron chi connectivity index (χ0n) is 16.5. The van der Waals surface area contributed by atoms with E-state index in [4.69, 9.17) is 21.1 Å². The van der Waals surface area contributed by atoms with Crippen molar-refractivity contribution in [1.29, 1.82) is 0 Å². The minimum absolute atomic E-state index is 0.231. The maximum absolute atomic E-state index is 12.5. The van der Waals surface area contributed by atoms with Crippen LogP contribution in [0.4, 0.5) is 0 Å². The second kappa shape index (κ2) is 10.7. The fourth-order valence-corrected chi connectivity index (χ4v) is 3.14. The number of hydrogen-bond donors (Lipinski definition) is 1. The molecule has 0 bridgehead atoms. The van der Waals surface area contributed by atoms with Crippen LogP contribution in [0.1, 0.15) is 21.5 Å². The molecule has 0 saturated carbocycles. The van der Waals surface area contributed by atoms with Crippen molar-refractivity contribution < 1.29 is 19.1 Å². The number of esters is 1. The third-order valence-corrected chi connectivity index (χ3v) is 4.83. The standard InChI is InChI=1S/C23H18BrClN2O4/c1-15-5-2-3-8-20(15)23(29)31-21-10-9-17(24)11-16(21)13-26-27-22(28)14-30-19-7-4-6-18(25)12-19/h2-13H,14H2,1H3,(H,27,28). The smallest absolute Gasteiger partial charge is 0.343 e. The van der Waals surface area contributed by atoms with Crippen LogP contribution in [0.3, 0.4) is 0 Å². The Balaban J connectivity index is 1.63. The summed E-state index contributed by atoms with van der Waals surface area (Å²) in [4.78, 5) is 24.5. The SMILES string of the molecule is Cc1ccccc1C(=O)Oc1ccc(Br)cc1C=NNC(=O)COc1cccc(Cl)c1. The Morgan fingerprint density at radius 3 is 2.68 bits per heavy atom. The molecule has 31 heavy (non-hydrogen) atoms. The highest BCUT2D eigenvalue weighted by molar-refractivity contribution is 9.10. The van der Waals surface area contributed by atoms with Gasteiger partial charge in [-0.15, -0.1) is 0 Å². The van der Waals surface area contributed by atoms with E-state index in [1.54, 1.807) is 54.6 Å². The largest absolute Gasteiger partial charge is 0.484 e. The van der Waals surface area contributed by atoms with Crippen molar-refractivity contribution in [3.8, 4) is 11.5 Å². The first-order valence-electron chi connectivity index (χ1n) is 9.20. The van der Waals surface area contributed by atoms with Gasteiger partial charge in [0.25, 0.3) is 5.91 Å². The van der Waals surface area contributed by atoms with E-state index in [-0.39, 0.29) is 6.61 Å². The molecule has 3 rings (SSSR count). The number of nitrogens with one attached hydrogen (secondary N) is 1. The van der Waals surface area contributed by atoms with Gasteiger partial charge in [-0.1, -0.05) is 51.8 Å². The van der Waals surface area contributed by atoms with Crippen molar-refractivity contribution in [2.75, 3.05) is 6.61 Å². The van der Waals surface area contributed by atoms with Crippen LogP contribution in [0.5, 0.6) is 11.5 Å². The summed E-state index contributed by atoms with van der Waals surface area (Å²) in [5, 5.41) is 4.44. The summed E-state index contributed by atoms with van der Waals surface area (Å²) in [6, 6.07) is 19.0. The quantitative estimate of drug-likeness (QED) is 0.210. The first kappa shape index (κ1) is 22.5. The zero-order valence-corrected chi connectivity index (χ0v) is 18.8. The van der Waals surface area contributed by atoms with Gasteiger partial charge in [-0.05, 0) is 55.0 Å². The molecule has 3 aromatic rings. The molecule has 158 valence electrons. The van der Waals surface area contributed by atoms with Gasteiger partial charge in [-0.25, -0.2) is 10.2 Å². The molecule has 1 N–H and O–H groups in total. The Morgan fingerprint density at radius 2 is 1.90 bits per heavy atom. The van der Waals surface area contributed by atoms with E-state index in [0.29, 0.717) is 27.6 Å². The van der Waals surface area contributed by atoms with E-state index in [1.165, 1.54) is 6.21 Å². The Morgan fingerprint density at radius 1 is 1.10 bits per heavy atom. The fourth-order valence-electron chi connectivity index (χ4n) is 2.58. The number of rotatable bonds is 7. The Kier molecular flexibility index (Phi) is 7.81. The van der Waals surface area contributed by atoms with Crippen molar-refractivity contribution in [1.82, 2.24) is 5.43 Å². The van der Waals surface area contributed by atoms with Gasteiger partial charge in [-0.2, -0.15) is 5.10 Å².